The molecule has 0 aliphatic rings. The first-order valence-corrected chi connectivity index (χ1v) is 5.80. The molecule has 1 aromatic rings. The maximum absolute atomic E-state index is 13.9. The van der Waals surface area contributed by atoms with Crippen LogP contribution < -0.4 is 10.5 Å². The van der Waals surface area contributed by atoms with Gasteiger partial charge in [-0.05, 0) is 18.1 Å². The number of benzene rings is 1. The summed E-state index contributed by atoms with van der Waals surface area (Å²) in [6.45, 7) is 2.08. The lowest BCUT2D eigenvalue weighted by molar-refractivity contribution is 0.0390. The lowest BCUT2D eigenvalue weighted by Gasteiger charge is -2.26. The second-order valence-corrected chi connectivity index (χ2v) is 4.29. The number of hydrogen-bond acceptors (Lipinski definition) is 3. The third-order valence-electron chi connectivity index (χ3n) is 2.88. The Morgan fingerprint density at radius 1 is 1.47 bits per heavy atom. The van der Waals surface area contributed by atoms with Crippen molar-refractivity contribution in [2.45, 2.75) is 31.8 Å². The normalized spacial score (nSPS) is 14.4. The zero-order valence-corrected chi connectivity index (χ0v) is 10.4. The van der Waals surface area contributed by atoms with E-state index in [1.807, 2.05) is 6.92 Å². The van der Waals surface area contributed by atoms with Gasteiger partial charge in [0.15, 0.2) is 11.6 Å². The zero-order valence-electron chi connectivity index (χ0n) is 10.4. The van der Waals surface area contributed by atoms with Crippen LogP contribution in [-0.2, 0) is 6.42 Å². The monoisotopic (exact) mass is 241 g/mol. The first kappa shape index (κ1) is 13.9. The molecule has 0 radical (unpaired) electrons. The maximum Gasteiger partial charge on any atom is 0.168 e. The number of halogens is 1. The van der Waals surface area contributed by atoms with Gasteiger partial charge in [0.2, 0.25) is 0 Å². The molecule has 17 heavy (non-hydrogen) atoms. The molecule has 0 spiro atoms. The van der Waals surface area contributed by atoms with E-state index in [9.17, 15) is 9.50 Å². The van der Waals surface area contributed by atoms with Crippen molar-refractivity contribution in [3.8, 4) is 5.75 Å². The summed E-state index contributed by atoms with van der Waals surface area (Å²) in [5, 5.41) is 10.2. The van der Waals surface area contributed by atoms with Crippen molar-refractivity contribution in [2.75, 3.05) is 13.7 Å². The molecule has 96 valence electrons. The lowest BCUT2D eigenvalue weighted by Crippen LogP contribution is -2.40. The third kappa shape index (κ3) is 3.41. The molecule has 0 saturated heterocycles. The number of hydrogen-bond donors (Lipinski definition) is 2. The van der Waals surface area contributed by atoms with Crippen molar-refractivity contribution >= 4 is 0 Å². The average molecular weight is 241 g/mol. The second kappa shape index (κ2) is 5.98. The quantitative estimate of drug-likeness (QED) is 0.799. The van der Waals surface area contributed by atoms with Gasteiger partial charge < -0.3 is 15.6 Å². The fourth-order valence-electron chi connectivity index (χ4n) is 1.93. The Labute approximate surface area is 101 Å². The van der Waals surface area contributed by atoms with E-state index in [2.05, 4.69) is 0 Å². The molecule has 0 aliphatic heterocycles. The van der Waals surface area contributed by atoms with Crippen molar-refractivity contribution < 1.29 is 14.2 Å². The number of ether oxygens (including phenoxy) is 1. The minimum Gasteiger partial charge on any atom is -0.494 e. The Bertz CT molecular complexity index is 370. The zero-order chi connectivity index (χ0) is 12.9. The Hall–Kier alpha value is -1.13. The molecule has 1 aromatic carbocycles. The van der Waals surface area contributed by atoms with Crippen molar-refractivity contribution in [2.24, 2.45) is 5.73 Å². The van der Waals surface area contributed by atoms with E-state index in [1.54, 1.807) is 18.2 Å². The van der Waals surface area contributed by atoms with Crippen LogP contribution in [0.2, 0.25) is 0 Å². The molecule has 3 N–H and O–H groups in total. The van der Waals surface area contributed by atoms with Crippen molar-refractivity contribution in [3.63, 3.8) is 0 Å². The van der Waals surface area contributed by atoms with Crippen LogP contribution in [-0.4, -0.2) is 24.4 Å². The fraction of sp³-hybridized carbons (Fsp3) is 0.538. The van der Waals surface area contributed by atoms with E-state index in [0.29, 0.717) is 12.0 Å². The van der Waals surface area contributed by atoms with Crippen LogP contribution in [0.15, 0.2) is 18.2 Å². The summed E-state index contributed by atoms with van der Waals surface area (Å²) < 4.78 is 18.8. The van der Waals surface area contributed by atoms with Gasteiger partial charge in [0, 0.05) is 13.0 Å². The molecule has 1 atom stereocenters. The SMILES string of the molecule is CCCC(O)(CN)Cc1cccc(OC)c1F. The van der Waals surface area contributed by atoms with Crippen molar-refractivity contribution in [3.05, 3.63) is 29.6 Å². The Balaban J connectivity index is 2.93. The van der Waals surface area contributed by atoms with Crippen LogP contribution >= 0.6 is 0 Å². The number of aliphatic hydroxyl groups is 1. The molecule has 1 rings (SSSR count). The van der Waals surface area contributed by atoms with E-state index in [4.69, 9.17) is 10.5 Å². The number of nitrogens with two attached hydrogens (primary N) is 1. The summed E-state index contributed by atoms with van der Waals surface area (Å²) in [7, 11) is 1.42. The molecule has 0 aliphatic carbocycles. The van der Waals surface area contributed by atoms with Gasteiger partial charge in [0.25, 0.3) is 0 Å². The van der Waals surface area contributed by atoms with Gasteiger partial charge in [-0.3, -0.25) is 0 Å². The molecule has 0 bridgehead atoms. The first-order chi connectivity index (χ1) is 8.06. The summed E-state index contributed by atoms with van der Waals surface area (Å²) in [5.74, 6) is -0.226. The third-order valence-corrected chi connectivity index (χ3v) is 2.88. The summed E-state index contributed by atoms with van der Waals surface area (Å²) in [6.07, 6.45) is 1.57. The highest BCUT2D eigenvalue weighted by Gasteiger charge is 2.26. The number of methoxy groups -OCH3 is 1. The molecule has 0 fully saturated rings. The van der Waals surface area contributed by atoms with Gasteiger partial charge >= 0.3 is 0 Å². The highest BCUT2D eigenvalue weighted by molar-refractivity contribution is 5.32. The molecular weight excluding hydrogens is 221 g/mol. The molecule has 3 nitrogen and oxygen atoms in total. The molecule has 0 saturated carbocycles. The van der Waals surface area contributed by atoms with Gasteiger partial charge in [-0.25, -0.2) is 4.39 Å². The second-order valence-electron chi connectivity index (χ2n) is 4.29. The van der Waals surface area contributed by atoms with E-state index in [-0.39, 0.29) is 18.7 Å². The predicted octanol–water partition coefficient (Wildman–Crippen LogP) is 1.87. The average Bonchev–Trinajstić information content (AvgIpc) is 2.32. The predicted molar refractivity (Wildman–Crippen MR) is 65.6 cm³/mol. The van der Waals surface area contributed by atoms with Crippen LogP contribution in [0.25, 0.3) is 0 Å². The van der Waals surface area contributed by atoms with E-state index >= 15 is 0 Å². The Morgan fingerprint density at radius 3 is 2.71 bits per heavy atom. The minimum absolute atomic E-state index is 0.123. The summed E-state index contributed by atoms with van der Waals surface area (Å²) in [4.78, 5) is 0. The van der Waals surface area contributed by atoms with Gasteiger partial charge in [0.1, 0.15) is 0 Å². The van der Waals surface area contributed by atoms with Crippen molar-refractivity contribution in [1.29, 1.82) is 0 Å². The summed E-state index contributed by atoms with van der Waals surface area (Å²) in [5.41, 5.74) is 4.95. The topological polar surface area (TPSA) is 55.5 Å². The van der Waals surface area contributed by atoms with Gasteiger partial charge in [0.05, 0.1) is 12.7 Å². The smallest absolute Gasteiger partial charge is 0.168 e. The fourth-order valence-corrected chi connectivity index (χ4v) is 1.93. The molecule has 0 amide bonds. The molecule has 0 aromatic heterocycles. The molecule has 4 heteroatoms. The van der Waals surface area contributed by atoms with E-state index in [0.717, 1.165) is 6.42 Å². The van der Waals surface area contributed by atoms with Crippen LogP contribution in [0.1, 0.15) is 25.3 Å². The molecular formula is C13H20FNO2. The van der Waals surface area contributed by atoms with Gasteiger partial charge in [-0.2, -0.15) is 0 Å². The summed E-state index contributed by atoms with van der Waals surface area (Å²) in [6, 6.07) is 4.91. The van der Waals surface area contributed by atoms with Crippen LogP contribution in [0.3, 0.4) is 0 Å². The van der Waals surface area contributed by atoms with Crippen LogP contribution in [0.4, 0.5) is 4.39 Å². The minimum atomic E-state index is -1.04. The molecule has 0 heterocycles. The van der Waals surface area contributed by atoms with E-state index < -0.39 is 11.4 Å². The largest absolute Gasteiger partial charge is 0.494 e. The first-order valence-electron chi connectivity index (χ1n) is 5.80. The lowest BCUT2D eigenvalue weighted by atomic mass is 9.90. The Kier molecular flexibility index (Phi) is 4.90. The van der Waals surface area contributed by atoms with E-state index in [1.165, 1.54) is 7.11 Å². The Morgan fingerprint density at radius 2 is 2.18 bits per heavy atom. The van der Waals surface area contributed by atoms with Gasteiger partial charge in [-0.15, -0.1) is 0 Å². The van der Waals surface area contributed by atoms with Crippen LogP contribution in [0.5, 0.6) is 5.75 Å². The van der Waals surface area contributed by atoms with Crippen molar-refractivity contribution in [1.82, 2.24) is 0 Å². The standard InChI is InChI=1S/C13H20FNO2/c1-3-7-13(16,9-15)8-10-5-4-6-11(17-2)12(10)14/h4-6,16H,3,7-9,15H2,1-2H3. The highest BCUT2D eigenvalue weighted by Crippen LogP contribution is 2.25. The van der Waals surface area contributed by atoms with Gasteiger partial charge in [-0.1, -0.05) is 25.5 Å². The maximum atomic E-state index is 13.9. The number of rotatable bonds is 6. The summed E-state index contributed by atoms with van der Waals surface area (Å²) >= 11 is 0. The highest BCUT2D eigenvalue weighted by atomic mass is 19.1. The van der Waals surface area contributed by atoms with Crippen LogP contribution in [0, 0.1) is 5.82 Å². The molecule has 1 unspecified atom stereocenters.